The van der Waals surface area contributed by atoms with Crippen molar-refractivity contribution in [3.8, 4) is 0 Å². The summed E-state index contributed by atoms with van der Waals surface area (Å²) in [5.41, 5.74) is -0.145. The highest BCUT2D eigenvalue weighted by molar-refractivity contribution is 7.93. The van der Waals surface area contributed by atoms with Crippen molar-refractivity contribution < 1.29 is 13.3 Å². The number of nitro groups is 1. The summed E-state index contributed by atoms with van der Waals surface area (Å²) in [6.45, 7) is 0. The van der Waals surface area contributed by atoms with Crippen molar-refractivity contribution >= 4 is 42.1 Å². The smallest absolute Gasteiger partial charge is 0.260 e. The number of rotatable bonds is 4. The van der Waals surface area contributed by atoms with Gasteiger partial charge in [0.15, 0.2) is 0 Å². The SMILES string of the molecule is CN(c1cc2ccccc2s1)S(=O)(=O)c1ccc([N+](=O)[O-])cc1. The van der Waals surface area contributed by atoms with Gasteiger partial charge in [0.05, 0.1) is 9.82 Å². The van der Waals surface area contributed by atoms with E-state index in [0.29, 0.717) is 5.00 Å². The monoisotopic (exact) mass is 348 g/mol. The molecule has 1 aromatic heterocycles. The zero-order chi connectivity index (χ0) is 16.6. The maximum Gasteiger partial charge on any atom is 0.269 e. The summed E-state index contributed by atoms with van der Waals surface area (Å²) in [7, 11) is -2.29. The highest BCUT2D eigenvalue weighted by Crippen LogP contribution is 2.34. The van der Waals surface area contributed by atoms with Gasteiger partial charge in [-0.2, -0.15) is 0 Å². The van der Waals surface area contributed by atoms with Crippen molar-refractivity contribution in [3.05, 3.63) is 64.7 Å². The second-order valence-corrected chi connectivity index (χ2v) is 7.88. The molecule has 0 aliphatic rings. The number of fused-ring (bicyclic) bond motifs is 1. The van der Waals surface area contributed by atoms with E-state index in [1.54, 1.807) is 0 Å². The number of anilines is 1. The third-order valence-corrected chi connectivity index (χ3v) is 6.52. The number of hydrogen-bond acceptors (Lipinski definition) is 5. The average Bonchev–Trinajstić information content (AvgIpc) is 2.98. The Balaban J connectivity index is 1.99. The fraction of sp³-hybridized carbons (Fsp3) is 0.0667. The van der Waals surface area contributed by atoms with Crippen LogP contribution in [0.5, 0.6) is 0 Å². The minimum atomic E-state index is -3.76. The lowest BCUT2D eigenvalue weighted by Crippen LogP contribution is -2.25. The topological polar surface area (TPSA) is 80.5 Å². The molecule has 2 aromatic carbocycles. The van der Waals surface area contributed by atoms with E-state index in [9.17, 15) is 18.5 Å². The summed E-state index contributed by atoms with van der Waals surface area (Å²) >= 11 is 1.37. The van der Waals surface area contributed by atoms with E-state index in [2.05, 4.69) is 0 Å². The van der Waals surface area contributed by atoms with Crippen LogP contribution in [-0.4, -0.2) is 20.4 Å². The molecule has 118 valence electrons. The average molecular weight is 348 g/mol. The van der Waals surface area contributed by atoms with E-state index in [1.165, 1.54) is 47.0 Å². The number of nitro benzene ring substituents is 1. The molecule has 8 heteroatoms. The number of sulfonamides is 1. The summed E-state index contributed by atoms with van der Waals surface area (Å²) < 4.78 is 27.5. The minimum Gasteiger partial charge on any atom is -0.260 e. The van der Waals surface area contributed by atoms with Crippen LogP contribution in [0.2, 0.25) is 0 Å². The zero-order valence-electron chi connectivity index (χ0n) is 12.0. The number of thiophene rings is 1. The molecule has 0 amide bonds. The molecule has 3 rings (SSSR count). The second-order valence-electron chi connectivity index (χ2n) is 4.85. The van der Waals surface area contributed by atoms with Crippen LogP contribution in [0.15, 0.2) is 59.5 Å². The number of benzene rings is 2. The number of hydrogen-bond donors (Lipinski definition) is 0. The van der Waals surface area contributed by atoms with Crippen molar-refractivity contribution in [2.45, 2.75) is 4.90 Å². The molecule has 0 fully saturated rings. The van der Waals surface area contributed by atoms with E-state index in [0.717, 1.165) is 10.1 Å². The van der Waals surface area contributed by atoms with E-state index in [1.807, 2.05) is 30.3 Å². The Morgan fingerprint density at radius 3 is 2.35 bits per heavy atom. The Hall–Kier alpha value is -2.45. The van der Waals surface area contributed by atoms with Crippen LogP contribution in [0.25, 0.3) is 10.1 Å². The predicted octanol–water partition coefficient (Wildman–Crippen LogP) is 3.63. The largest absolute Gasteiger partial charge is 0.269 e. The van der Waals surface area contributed by atoms with Crippen LogP contribution in [0.3, 0.4) is 0 Å². The summed E-state index contributed by atoms with van der Waals surface area (Å²) in [5, 5.41) is 12.2. The van der Waals surface area contributed by atoms with Crippen molar-refractivity contribution in [3.63, 3.8) is 0 Å². The Labute approximate surface area is 136 Å². The van der Waals surface area contributed by atoms with Gasteiger partial charge in [0.1, 0.15) is 5.00 Å². The minimum absolute atomic E-state index is 0.0167. The molecule has 0 saturated carbocycles. The molecule has 0 unspecified atom stereocenters. The first-order valence-corrected chi connectivity index (χ1v) is 8.87. The Morgan fingerprint density at radius 2 is 1.74 bits per heavy atom. The van der Waals surface area contributed by atoms with Crippen LogP contribution in [-0.2, 0) is 10.0 Å². The van der Waals surface area contributed by atoms with Gasteiger partial charge in [-0.15, -0.1) is 11.3 Å². The van der Waals surface area contributed by atoms with Crippen LogP contribution < -0.4 is 4.31 Å². The van der Waals surface area contributed by atoms with Gasteiger partial charge in [-0.05, 0) is 29.7 Å². The Kier molecular flexibility index (Phi) is 3.78. The fourth-order valence-corrected chi connectivity index (χ4v) is 4.56. The molecule has 23 heavy (non-hydrogen) atoms. The molecule has 0 N–H and O–H groups in total. The lowest BCUT2D eigenvalue weighted by Gasteiger charge is -2.17. The lowest BCUT2D eigenvalue weighted by atomic mass is 10.3. The summed E-state index contributed by atoms with van der Waals surface area (Å²) in [5.74, 6) is 0. The summed E-state index contributed by atoms with van der Waals surface area (Å²) in [6, 6.07) is 14.3. The molecular formula is C15H12N2O4S2. The van der Waals surface area contributed by atoms with Gasteiger partial charge in [0.2, 0.25) is 0 Å². The normalized spacial score (nSPS) is 11.5. The van der Waals surface area contributed by atoms with Gasteiger partial charge in [-0.3, -0.25) is 14.4 Å². The first kappa shape index (κ1) is 15.4. The standard InChI is InChI=1S/C15H12N2O4S2/c1-16(15-10-11-4-2-3-5-14(11)22-15)23(20,21)13-8-6-12(7-9-13)17(18)19/h2-10H,1H3. The van der Waals surface area contributed by atoms with Gasteiger partial charge in [-0.1, -0.05) is 18.2 Å². The molecule has 3 aromatic rings. The van der Waals surface area contributed by atoms with Crippen molar-refractivity contribution in [2.24, 2.45) is 0 Å². The molecule has 0 aliphatic carbocycles. The molecule has 0 spiro atoms. The number of nitrogens with zero attached hydrogens (tertiary/aromatic N) is 2. The maximum atomic E-state index is 12.7. The van der Waals surface area contributed by atoms with Gasteiger partial charge < -0.3 is 0 Å². The van der Waals surface area contributed by atoms with E-state index < -0.39 is 14.9 Å². The fourth-order valence-electron chi connectivity index (χ4n) is 2.14. The lowest BCUT2D eigenvalue weighted by molar-refractivity contribution is -0.384. The van der Waals surface area contributed by atoms with Crippen LogP contribution in [0, 0.1) is 10.1 Å². The van der Waals surface area contributed by atoms with Crippen LogP contribution >= 0.6 is 11.3 Å². The first-order valence-electron chi connectivity index (χ1n) is 6.61. The third-order valence-electron chi connectivity index (χ3n) is 3.43. The highest BCUT2D eigenvalue weighted by Gasteiger charge is 2.23. The van der Waals surface area contributed by atoms with Gasteiger partial charge >= 0.3 is 0 Å². The predicted molar refractivity (Wildman–Crippen MR) is 90.5 cm³/mol. The highest BCUT2D eigenvalue weighted by atomic mass is 32.2. The van der Waals surface area contributed by atoms with Crippen molar-refractivity contribution in [1.82, 2.24) is 0 Å². The van der Waals surface area contributed by atoms with E-state index in [-0.39, 0.29) is 10.6 Å². The molecular weight excluding hydrogens is 336 g/mol. The molecule has 0 bridgehead atoms. The third kappa shape index (κ3) is 2.78. The van der Waals surface area contributed by atoms with Gasteiger partial charge in [0.25, 0.3) is 15.7 Å². The summed E-state index contributed by atoms with van der Waals surface area (Å²) in [6.07, 6.45) is 0. The Bertz CT molecular complexity index is 945. The number of non-ortho nitro benzene ring substituents is 1. The molecule has 0 saturated heterocycles. The molecule has 0 aliphatic heterocycles. The van der Waals surface area contributed by atoms with Crippen molar-refractivity contribution in [2.75, 3.05) is 11.4 Å². The molecule has 0 atom stereocenters. The summed E-state index contributed by atoms with van der Waals surface area (Å²) in [4.78, 5) is 10.1. The van der Waals surface area contributed by atoms with E-state index in [4.69, 9.17) is 0 Å². The quantitative estimate of drug-likeness (QED) is 0.532. The molecule has 0 radical (unpaired) electrons. The van der Waals surface area contributed by atoms with Crippen molar-refractivity contribution in [1.29, 1.82) is 0 Å². The molecule has 6 nitrogen and oxygen atoms in total. The Morgan fingerprint density at radius 1 is 1.09 bits per heavy atom. The first-order chi connectivity index (χ1) is 10.9. The zero-order valence-corrected chi connectivity index (χ0v) is 13.7. The van der Waals surface area contributed by atoms with E-state index >= 15 is 0 Å². The van der Waals surface area contributed by atoms with Crippen LogP contribution in [0.4, 0.5) is 10.7 Å². The van der Waals surface area contributed by atoms with Crippen LogP contribution in [0.1, 0.15) is 0 Å². The maximum absolute atomic E-state index is 12.7. The van der Waals surface area contributed by atoms with Gasteiger partial charge in [-0.25, -0.2) is 8.42 Å². The molecule has 1 heterocycles. The van der Waals surface area contributed by atoms with Gasteiger partial charge in [0, 0.05) is 23.9 Å². The second kappa shape index (κ2) is 5.64.